The molecule has 0 bridgehead atoms. The minimum Gasteiger partial charge on any atom is -0.293 e. The van der Waals surface area contributed by atoms with Crippen LogP contribution in [0.15, 0.2) is 70.6 Å². The van der Waals surface area contributed by atoms with E-state index in [1.54, 1.807) is 4.57 Å². The Morgan fingerprint density at radius 1 is 1.14 bits per heavy atom. The maximum atomic E-state index is 13.1. The van der Waals surface area contributed by atoms with Crippen molar-refractivity contribution in [1.29, 1.82) is 0 Å². The molecule has 2 aromatic heterocycles. The van der Waals surface area contributed by atoms with Crippen LogP contribution in [0.2, 0.25) is 0 Å². The van der Waals surface area contributed by atoms with E-state index in [4.69, 9.17) is 0 Å². The highest BCUT2D eigenvalue weighted by Gasteiger charge is 2.16. The van der Waals surface area contributed by atoms with Gasteiger partial charge < -0.3 is 0 Å². The molecule has 0 N–H and O–H groups in total. The van der Waals surface area contributed by atoms with Crippen molar-refractivity contribution in [2.75, 3.05) is 5.75 Å². The Morgan fingerprint density at radius 2 is 1.86 bits per heavy atom. The molecule has 2 aromatic carbocycles. The summed E-state index contributed by atoms with van der Waals surface area (Å²) in [7, 11) is 0. The second-order valence-corrected chi connectivity index (χ2v) is 8.33. The lowest BCUT2D eigenvalue weighted by Crippen LogP contribution is -2.22. The highest BCUT2D eigenvalue weighted by atomic mass is 32.2. The first kappa shape index (κ1) is 19.5. The molecule has 29 heavy (non-hydrogen) atoms. The molecule has 4 aromatic rings. The number of ketones is 1. The molecule has 0 aliphatic carbocycles. The molecule has 7 heteroatoms. The quantitative estimate of drug-likeness (QED) is 0.241. The van der Waals surface area contributed by atoms with Crippen molar-refractivity contribution >= 4 is 39.1 Å². The lowest BCUT2D eigenvalue weighted by Gasteiger charge is -2.09. The van der Waals surface area contributed by atoms with E-state index in [2.05, 4.69) is 4.98 Å². The molecule has 4 rings (SSSR count). The van der Waals surface area contributed by atoms with Crippen LogP contribution in [0, 0.1) is 5.82 Å². The van der Waals surface area contributed by atoms with Gasteiger partial charge in [0.15, 0.2) is 10.9 Å². The number of Topliss-reactive ketones (excluding diaryl/α,β-unsaturated/α-hetero) is 1. The maximum absolute atomic E-state index is 13.1. The molecule has 4 nitrogen and oxygen atoms in total. The van der Waals surface area contributed by atoms with Crippen molar-refractivity contribution in [3.05, 3.63) is 82.4 Å². The van der Waals surface area contributed by atoms with Crippen molar-refractivity contribution in [1.82, 2.24) is 9.55 Å². The van der Waals surface area contributed by atoms with E-state index in [1.807, 2.05) is 43.3 Å². The minimum absolute atomic E-state index is 0.104. The summed E-state index contributed by atoms with van der Waals surface area (Å²) in [5, 5.41) is 1.10. The molecule has 0 aliphatic heterocycles. The molecule has 2 heterocycles. The van der Waals surface area contributed by atoms with Gasteiger partial charge in [-0.25, -0.2) is 9.37 Å². The van der Waals surface area contributed by atoms with Gasteiger partial charge in [0.1, 0.15) is 10.6 Å². The Kier molecular flexibility index (Phi) is 5.60. The Bertz CT molecular complexity index is 1230. The van der Waals surface area contributed by atoms with Gasteiger partial charge in [0.2, 0.25) is 0 Å². The summed E-state index contributed by atoms with van der Waals surface area (Å²) in [5.74, 6) is -0.392. The molecular weight excluding hydrogens is 407 g/mol. The fraction of sp³-hybridized carbons (Fsp3) is 0.136. The molecule has 0 saturated heterocycles. The lowest BCUT2D eigenvalue weighted by molar-refractivity contribution is 0.102. The smallest absolute Gasteiger partial charge is 0.262 e. The number of thiophene rings is 1. The molecular formula is C22H17FN2O2S2. The van der Waals surface area contributed by atoms with E-state index >= 15 is 0 Å². The number of aromatic nitrogens is 2. The molecule has 0 saturated carbocycles. The van der Waals surface area contributed by atoms with Crippen LogP contribution in [-0.4, -0.2) is 21.1 Å². The van der Waals surface area contributed by atoms with Crippen molar-refractivity contribution in [2.24, 2.45) is 0 Å². The third-order valence-electron chi connectivity index (χ3n) is 4.49. The molecule has 0 fully saturated rings. The Labute approximate surface area is 175 Å². The van der Waals surface area contributed by atoms with Crippen LogP contribution in [-0.2, 0) is 6.54 Å². The number of hydrogen-bond acceptors (Lipinski definition) is 5. The Hall–Kier alpha value is -2.77. The summed E-state index contributed by atoms with van der Waals surface area (Å²) < 4.78 is 14.6. The summed E-state index contributed by atoms with van der Waals surface area (Å²) in [6.07, 6.45) is 0. The van der Waals surface area contributed by atoms with Gasteiger partial charge in [-0.2, -0.15) is 0 Å². The molecule has 0 radical (unpaired) electrons. The number of hydrogen-bond donors (Lipinski definition) is 0. The van der Waals surface area contributed by atoms with Gasteiger partial charge >= 0.3 is 0 Å². The standard InChI is InChI=1S/C22H17FN2O2S2/c1-2-25-21(27)17-12-19(15-6-4-3-5-7-15)29-20(17)24-22(25)28-13-18(26)14-8-10-16(23)11-9-14/h3-12H,2,13H2,1H3. The highest BCUT2D eigenvalue weighted by molar-refractivity contribution is 7.99. The minimum atomic E-state index is -0.381. The first-order chi connectivity index (χ1) is 14.1. The number of rotatable bonds is 6. The fourth-order valence-corrected chi connectivity index (χ4v) is 5.02. The Balaban J connectivity index is 1.66. The van der Waals surface area contributed by atoms with Gasteiger partial charge in [-0.1, -0.05) is 42.1 Å². The van der Waals surface area contributed by atoms with Crippen LogP contribution in [0.3, 0.4) is 0 Å². The predicted molar refractivity (Wildman–Crippen MR) is 116 cm³/mol. The second kappa shape index (κ2) is 8.31. The zero-order chi connectivity index (χ0) is 20.4. The topological polar surface area (TPSA) is 52.0 Å². The van der Waals surface area contributed by atoms with Crippen LogP contribution >= 0.6 is 23.1 Å². The summed E-state index contributed by atoms with van der Waals surface area (Å²) in [4.78, 5) is 31.7. The van der Waals surface area contributed by atoms with Gasteiger partial charge in [0.05, 0.1) is 11.1 Å². The van der Waals surface area contributed by atoms with Gasteiger partial charge in [0.25, 0.3) is 5.56 Å². The normalized spacial score (nSPS) is 11.1. The van der Waals surface area contributed by atoms with Gasteiger partial charge in [0, 0.05) is 17.0 Å². The zero-order valence-corrected chi connectivity index (χ0v) is 17.2. The first-order valence-electron chi connectivity index (χ1n) is 9.08. The summed E-state index contributed by atoms with van der Waals surface area (Å²) >= 11 is 2.69. The average Bonchev–Trinajstić information content (AvgIpc) is 3.18. The van der Waals surface area contributed by atoms with Gasteiger partial charge in [-0.15, -0.1) is 11.3 Å². The zero-order valence-electron chi connectivity index (χ0n) is 15.6. The van der Waals surface area contributed by atoms with Crippen LogP contribution in [0.1, 0.15) is 17.3 Å². The molecule has 0 amide bonds. The molecule has 146 valence electrons. The van der Waals surface area contributed by atoms with Gasteiger partial charge in [-0.05, 0) is 42.8 Å². The lowest BCUT2D eigenvalue weighted by atomic mass is 10.1. The van der Waals surface area contributed by atoms with E-state index in [9.17, 15) is 14.0 Å². The van der Waals surface area contributed by atoms with Crippen molar-refractivity contribution < 1.29 is 9.18 Å². The van der Waals surface area contributed by atoms with E-state index in [1.165, 1.54) is 47.4 Å². The van der Waals surface area contributed by atoms with E-state index in [0.29, 0.717) is 27.5 Å². The van der Waals surface area contributed by atoms with E-state index in [-0.39, 0.29) is 22.9 Å². The third kappa shape index (κ3) is 4.02. The fourth-order valence-electron chi connectivity index (χ4n) is 2.98. The van der Waals surface area contributed by atoms with Crippen LogP contribution < -0.4 is 5.56 Å². The molecule has 0 aliphatic rings. The average molecular weight is 425 g/mol. The van der Waals surface area contributed by atoms with Crippen molar-refractivity contribution in [3.8, 4) is 10.4 Å². The van der Waals surface area contributed by atoms with Crippen molar-refractivity contribution in [3.63, 3.8) is 0 Å². The number of benzene rings is 2. The third-order valence-corrected chi connectivity index (χ3v) is 6.54. The number of carbonyl (C=O) groups excluding carboxylic acids is 1. The number of thioether (sulfide) groups is 1. The number of halogens is 1. The van der Waals surface area contributed by atoms with E-state index < -0.39 is 0 Å². The largest absolute Gasteiger partial charge is 0.293 e. The van der Waals surface area contributed by atoms with Crippen molar-refractivity contribution in [2.45, 2.75) is 18.6 Å². The number of carbonyl (C=O) groups is 1. The van der Waals surface area contributed by atoms with Gasteiger partial charge in [-0.3, -0.25) is 14.2 Å². The highest BCUT2D eigenvalue weighted by Crippen LogP contribution is 2.32. The Morgan fingerprint density at radius 3 is 2.55 bits per heavy atom. The first-order valence-corrected chi connectivity index (χ1v) is 10.9. The summed E-state index contributed by atoms with van der Waals surface area (Å²) in [5.41, 5.74) is 1.37. The number of nitrogens with zero attached hydrogens (tertiary/aromatic N) is 2. The molecule has 0 spiro atoms. The van der Waals surface area contributed by atoms with Crippen LogP contribution in [0.4, 0.5) is 4.39 Å². The second-order valence-electron chi connectivity index (χ2n) is 6.36. The number of fused-ring (bicyclic) bond motifs is 1. The molecule has 0 atom stereocenters. The van der Waals surface area contributed by atoms with Crippen LogP contribution in [0.5, 0.6) is 0 Å². The van der Waals surface area contributed by atoms with E-state index in [0.717, 1.165) is 10.4 Å². The monoisotopic (exact) mass is 424 g/mol. The summed E-state index contributed by atoms with van der Waals surface area (Å²) in [6.45, 7) is 2.34. The predicted octanol–water partition coefficient (Wildman–Crippen LogP) is 5.26. The van der Waals surface area contributed by atoms with Crippen LogP contribution in [0.25, 0.3) is 20.7 Å². The maximum Gasteiger partial charge on any atom is 0.262 e. The molecule has 0 unspecified atom stereocenters. The SMILES string of the molecule is CCn1c(SCC(=O)c2ccc(F)cc2)nc2sc(-c3ccccc3)cc2c1=O. The summed E-state index contributed by atoms with van der Waals surface area (Å²) in [6, 6.07) is 17.2.